The van der Waals surface area contributed by atoms with E-state index in [1.165, 1.54) is 18.2 Å². The van der Waals surface area contributed by atoms with Crippen LogP contribution < -0.4 is 10.0 Å². The van der Waals surface area contributed by atoms with Crippen LogP contribution in [-0.2, 0) is 10.0 Å². The predicted molar refractivity (Wildman–Crippen MR) is 102 cm³/mol. The Hall–Kier alpha value is -1.96. The predicted octanol–water partition coefficient (Wildman–Crippen LogP) is 3.40. The van der Waals surface area contributed by atoms with Crippen LogP contribution in [0, 0.1) is 0 Å². The van der Waals surface area contributed by atoms with Crippen LogP contribution in [0.5, 0.6) is 0 Å². The molecule has 0 radical (unpaired) electrons. The zero-order chi connectivity index (χ0) is 18.4. The third kappa shape index (κ3) is 5.01. The van der Waals surface area contributed by atoms with Crippen molar-refractivity contribution in [3.8, 4) is 0 Å². The second-order valence-corrected chi connectivity index (χ2v) is 8.01. The van der Waals surface area contributed by atoms with Gasteiger partial charge >= 0.3 is 0 Å². The van der Waals surface area contributed by atoms with Gasteiger partial charge in [0.2, 0.25) is 10.0 Å². The molecule has 5 nitrogen and oxygen atoms in total. The Balaban J connectivity index is 2.19. The lowest BCUT2D eigenvalue weighted by molar-refractivity contribution is 0.0939. The van der Waals surface area contributed by atoms with Gasteiger partial charge in [0.25, 0.3) is 5.91 Å². The van der Waals surface area contributed by atoms with Gasteiger partial charge < -0.3 is 5.32 Å². The summed E-state index contributed by atoms with van der Waals surface area (Å²) in [4.78, 5) is 12.5. The maximum Gasteiger partial charge on any atom is 0.251 e. The molecule has 1 atom stereocenters. The number of halogens is 1. The molecule has 2 aromatic rings. The first kappa shape index (κ1) is 19.4. The molecule has 1 amide bonds. The summed E-state index contributed by atoms with van der Waals surface area (Å²) in [7, 11) is -3.67. The van der Waals surface area contributed by atoms with Gasteiger partial charge in [0.15, 0.2) is 0 Å². The van der Waals surface area contributed by atoms with Crippen LogP contribution in [0.15, 0.2) is 70.6 Å². The van der Waals surface area contributed by atoms with E-state index in [-0.39, 0.29) is 29.0 Å². The van der Waals surface area contributed by atoms with Gasteiger partial charge in [-0.15, -0.1) is 6.58 Å². The summed E-state index contributed by atoms with van der Waals surface area (Å²) < 4.78 is 27.6. The molecule has 7 heteroatoms. The van der Waals surface area contributed by atoms with Crippen LogP contribution in [0.3, 0.4) is 0 Å². The van der Waals surface area contributed by atoms with Crippen molar-refractivity contribution < 1.29 is 13.2 Å². The molecule has 1 unspecified atom stereocenters. The Kier molecular flexibility index (Phi) is 6.52. The third-order valence-corrected chi connectivity index (χ3v) is 5.69. The smallest absolute Gasteiger partial charge is 0.251 e. The van der Waals surface area contributed by atoms with Gasteiger partial charge in [-0.25, -0.2) is 13.1 Å². The minimum absolute atomic E-state index is 0.0375. The summed E-state index contributed by atoms with van der Waals surface area (Å²) >= 11 is 3.46. The Morgan fingerprint density at radius 3 is 2.64 bits per heavy atom. The van der Waals surface area contributed by atoms with E-state index in [1.807, 2.05) is 31.2 Å². The average molecular weight is 423 g/mol. The lowest BCUT2D eigenvalue weighted by Gasteiger charge is -2.16. The molecule has 2 rings (SSSR count). The van der Waals surface area contributed by atoms with E-state index >= 15 is 0 Å². The van der Waals surface area contributed by atoms with Crippen LogP contribution in [0.25, 0.3) is 0 Å². The minimum Gasteiger partial charge on any atom is -0.345 e. The molecule has 0 fully saturated rings. The highest BCUT2D eigenvalue weighted by Crippen LogP contribution is 2.23. The molecule has 0 bridgehead atoms. The number of sulfonamides is 1. The van der Waals surface area contributed by atoms with Gasteiger partial charge in [-0.2, -0.15) is 0 Å². The van der Waals surface area contributed by atoms with Gasteiger partial charge in [-0.3, -0.25) is 4.79 Å². The van der Waals surface area contributed by atoms with Crippen molar-refractivity contribution in [3.63, 3.8) is 0 Å². The first-order valence-corrected chi connectivity index (χ1v) is 9.88. The van der Waals surface area contributed by atoms with Gasteiger partial charge in [0, 0.05) is 16.6 Å². The number of nitrogens with one attached hydrogen (secondary N) is 2. The highest BCUT2D eigenvalue weighted by Gasteiger charge is 2.17. The SMILES string of the molecule is C=CCNS(=O)(=O)c1cccc(C(=O)NC(C)c2ccccc2Br)c1. The maximum absolute atomic E-state index is 12.5. The van der Waals surface area contributed by atoms with Crippen molar-refractivity contribution in [3.05, 3.63) is 76.8 Å². The number of benzene rings is 2. The normalized spacial score (nSPS) is 12.4. The summed E-state index contributed by atoms with van der Waals surface area (Å²) in [6.45, 7) is 5.47. The van der Waals surface area contributed by atoms with E-state index < -0.39 is 10.0 Å². The molecule has 2 N–H and O–H groups in total. The van der Waals surface area contributed by atoms with Crippen molar-refractivity contribution >= 4 is 31.9 Å². The van der Waals surface area contributed by atoms with E-state index in [0.717, 1.165) is 10.0 Å². The van der Waals surface area contributed by atoms with Gasteiger partial charge in [0.1, 0.15) is 0 Å². The third-order valence-electron chi connectivity index (χ3n) is 3.54. The molecule has 2 aromatic carbocycles. The van der Waals surface area contributed by atoms with Crippen LogP contribution in [-0.4, -0.2) is 20.9 Å². The fourth-order valence-electron chi connectivity index (χ4n) is 2.24. The van der Waals surface area contributed by atoms with Crippen molar-refractivity contribution in [2.75, 3.05) is 6.54 Å². The van der Waals surface area contributed by atoms with Gasteiger partial charge in [0.05, 0.1) is 10.9 Å². The Morgan fingerprint density at radius 1 is 1.24 bits per heavy atom. The summed E-state index contributed by atoms with van der Waals surface area (Å²) in [6, 6.07) is 13.3. The van der Waals surface area contributed by atoms with Crippen molar-refractivity contribution in [2.24, 2.45) is 0 Å². The fraction of sp³-hybridized carbons (Fsp3) is 0.167. The number of hydrogen-bond acceptors (Lipinski definition) is 3. The van der Waals surface area contributed by atoms with Crippen LogP contribution in [0.1, 0.15) is 28.9 Å². The van der Waals surface area contributed by atoms with E-state index in [0.29, 0.717) is 0 Å². The number of carbonyl (C=O) groups excluding carboxylic acids is 1. The summed E-state index contributed by atoms with van der Waals surface area (Å²) in [5.74, 6) is -0.343. The Morgan fingerprint density at radius 2 is 1.96 bits per heavy atom. The zero-order valence-corrected chi connectivity index (χ0v) is 16.1. The molecule has 0 aliphatic carbocycles. The highest BCUT2D eigenvalue weighted by atomic mass is 79.9. The molecule has 0 heterocycles. The summed E-state index contributed by atoms with van der Waals surface area (Å²) in [5, 5.41) is 2.87. The molecule has 0 saturated heterocycles. The molecular formula is C18H19BrN2O3S. The molecule has 0 spiro atoms. The maximum atomic E-state index is 12.5. The number of amides is 1. The van der Waals surface area contributed by atoms with E-state index in [4.69, 9.17) is 0 Å². The van der Waals surface area contributed by atoms with Crippen LogP contribution in [0.4, 0.5) is 0 Å². The molecule has 25 heavy (non-hydrogen) atoms. The van der Waals surface area contributed by atoms with Crippen molar-refractivity contribution in [2.45, 2.75) is 17.9 Å². The molecule has 0 aliphatic heterocycles. The average Bonchev–Trinajstić information content (AvgIpc) is 2.60. The quantitative estimate of drug-likeness (QED) is 0.671. The Labute approximate surface area is 156 Å². The van der Waals surface area contributed by atoms with E-state index in [2.05, 4.69) is 32.5 Å². The van der Waals surface area contributed by atoms with Crippen LogP contribution in [0.2, 0.25) is 0 Å². The molecule has 0 saturated carbocycles. The lowest BCUT2D eigenvalue weighted by atomic mass is 10.1. The molecule has 132 valence electrons. The van der Waals surface area contributed by atoms with Gasteiger partial charge in [-0.05, 0) is 36.8 Å². The van der Waals surface area contributed by atoms with Crippen molar-refractivity contribution in [1.29, 1.82) is 0 Å². The monoisotopic (exact) mass is 422 g/mol. The first-order chi connectivity index (χ1) is 11.8. The summed E-state index contributed by atoms with van der Waals surface area (Å²) in [6.07, 6.45) is 1.45. The Bertz CT molecular complexity index is 881. The first-order valence-electron chi connectivity index (χ1n) is 7.61. The lowest BCUT2D eigenvalue weighted by Crippen LogP contribution is -2.28. The molecular weight excluding hydrogens is 404 g/mol. The van der Waals surface area contributed by atoms with E-state index in [1.54, 1.807) is 12.1 Å². The largest absolute Gasteiger partial charge is 0.345 e. The topological polar surface area (TPSA) is 75.3 Å². The fourth-order valence-corrected chi connectivity index (χ4v) is 3.91. The molecule has 0 aromatic heterocycles. The number of rotatable bonds is 7. The summed E-state index contributed by atoms with van der Waals surface area (Å²) in [5.41, 5.74) is 1.22. The zero-order valence-electron chi connectivity index (χ0n) is 13.7. The second-order valence-electron chi connectivity index (χ2n) is 5.39. The van der Waals surface area contributed by atoms with Crippen molar-refractivity contribution in [1.82, 2.24) is 10.0 Å². The van der Waals surface area contributed by atoms with Gasteiger partial charge in [-0.1, -0.05) is 46.3 Å². The second kappa shape index (κ2) is 8.42. The van der Waals surface area contributed by atoms with E-state index in [9.17, 15) is 13.2 Å². The van der Waals surface area contributed by atoms with Crippen LogP contribution >= 0.6 is 15.9 Å². The highest BCUT2D eigenvalue weighted by molar-refractivity contribution is 9.10. The minimum atomic E-state index is -3.67. The standard InChI is InChI=1S/C18H19BrN2O3S/c1-3-11-20-25(23,24)15-8-6-7-14(12-15)18(22)21-13(2)16-9-4-5-10-17(16)19/h3-10,12-13,20H,1,11H2,2H3,(H,21,22). The number of carbonyl (C=O) groups is 1. The molecule has 0 aliphatic rings. The number of hydrogen-bond donors (Lipinski definition) is 2.